The van der Waals surface area contributed by atoms with E-state index in [1.54, 1.807) is 0 Å². The fraction of sp³-hybridized carbons (Fsp3) is 0.800. The van der Waals surface area contributed by atoms with Crippen LogP contribution in [0.3, 0.4) is 0 Å². The zero-order valence-electron chi connectivity index (χ0n) is 10.1. The van der Waals surface area contributed by atoms with Crippen molar-refractivity contribution in [2.45, 2.75) is 32.7 Å². The van der Waals surface area contributed by atoms with E-state index in [1.807, 2.05) is 25.9 Å². The Morgan fingerprint density at radius 3 is 2.20 bits per heavy atom. The van der Waals surface area contributed by atoms with E-state index in [4.69, 9.17) is 10.3 Å². The lowest BCUT2D eigenvalue weighted by Crippen LogP contribution is -2.28. The molecule has 0 aliphatic carbocycles. The first-order chi connectivity index (χ1) is 6.93. The van der Waals surface area contributed by atoms with Gasteiger partial charge in [-0.05, 0) is 18.0 Å². The minimum Gasteiger partial charge on any atom is -0.344 e. The van der Waals surface area contributed by atoms with E-state index in [9.17, 15) is 0 Å². The number of aromatic nitrogens is 2. The van der Waals surface area contributed by atoms with Gasteiger partial charge in [0.15, 0.2) is 0 Å². The maximum Gasteiger partial charge on any atom is 0.265 e. The molecule has 0 aromatic carbocycles. The lowest BCUT2D eigenvalue weighted by molar-refractivity contribution is 0.300. The molecular weight excluding hydrogens is 192 g/mol. The molecule has 1 heterocycles. The maximum absolute atomic E-state index is 5.91. The molecular formula is C10H20N4O. The lowest BCUT2D eigenvalue weighted by Gasteiger charge is -2.20. The predicted octanol–water partition coefficient (Wildman–Crippen LogP) is 1.22. The molecule has 0 aliphatic heterocycles. The molecule has 5 nitrogen and oxygen atoms in total. The van der Waals surface area contributed by atoms with Crippen LogP contribution in [0, 0.1) is 5.92 Å². The molecule has 0 saturated carbocycles. The van der Waals surface area contributed by atoms with Crippen LogP contribution >= 0.6 is 0 Å². The first-order valence-electron chi connectivity index (χ1n) is 5.20. The summed E-state index contributed by atoms with van der Waals surface area (Å²) in [6.45, 7) is 6.17. The summed E-state index contributed by atoms with van der Waals surface area (Å²) in [5.41, 5.74) is 5.91. The summed E-state index contributed by atoms with van der Waals surface area (Å²) in [5, 5.41) is 3.89. The van der Waals surface area contributed by atoms with Crippen molar-refractivity contribution in [3.8, 4) is 0 Å². The summed E-state index contributed by atoms with van der Waals surface area (Å²) < 4.78 is 5.23. The van der Waals surface area contributed by atoms with Gasteiger partial charge in [0.25, 0.3) is 5.95 Å². The van der Waals surface area contributed by atoms with Crippen molar-refractivity contribution in [1.29, 1.82) is 0 Å². The number of anilines is 1. The molecule has 0 saturated heterocycles. The highest BCUT2D eigenvalue weighted by atomic mass is 16.5. The van der Waals surface area contributed by atoms with Gasteiger partial charge in [0.05, 0.1) is 5.92 Å². The van der Waals surface area contributed by atoms with Crippen molar-refractivity contribution in [3.63, 3.8) is 0 Å². The largest absolute Gasteiger partial charge is 0.344 e. The molecule has 0 fully saturated rings. The first-order valence-corrected chi connectivity index (χ1v) is 5.20. The van der Waals surface area contributed by atoms with Crippen LogP contribution in [0.25, 0.3) is 0 Å². The van der Waals surface area contributed by atoms with Crippen LogP contribution in [0.1, 0.15) is 32.6 Å². The first kappa shape index (κ1) is 12.0. The van der Waals surface area contributed by atoms with E-state index in [2.05, 4.69) is 24.0 Å². The second-order valence-electron chi connectivity index (χ2n) is 4.46. The van der Waals surface area contributed by atoms with Gasteiger partial charge in [-0.25, -0.2) is 0 Å². The average Bonchev–Trinajstić information content (AvgIpc) is 2.51. The quantitative estimate of drug-likeness (QED) is 0.812. The Morgan fingerprint density at radius 1 is 1.27 bits per heavy atom. The van der Waals surface area contributed by atoms with Gasteiger partial charge in [-0.15, -0.1) is 0 Å². The smallest absolute Gasteiger partial charge is 0.265 e. The number of hydrogen-bond acceptors (Lipinski definition) is 5. The summed E-state index contributed by atoms with van der Waals surface area (Å²) in [4.78, 5) is 6.13. The van der Waals surface area contributed by atoms with Gasteiger partial charge >= 0.3 is 0 Å². The van der Waals surface area contributed by atoms with E-state index < -0.39 is 0 Å². The van der Waals surface area contributed by atoms with Gasteiger partial charge in [-0.2, -0.15) is 4.98 Å². The van der Waals surface area contributed by atoms with E-state index >= 15 is 0 Å². The van der Waals surface area contributed by atoms with E-state index in [0.717, 1.165) is 0 Å². The van der Waals surface area contributed by atoms with Gasteiger partial charge in [0, 0.05) is 20.1 Å². The van der Waals surface area contributed by atoms with Crippen molar-refractivity contribution in [2.24, 2.45) is 11.7 Å². The van der Waals surface area contributed by atoms with Crippen LogP contribution < -0.4 is 10.6 Å². The van der Waals surface area contributed by atoms with Crippen molar-refractivity contribution in [2.75, 3.05) is 19.0 Å². The monoisotopic (exact) mass is 212 g/mol. The zero-order valence-corrected chi connectivity index (χ0v) is 10.1. The lowest BCUT2D eigenvalue weighted by atomic mass is 9.90. The normalized spacial score (nSPS) is 15.4. The molecule has 86 valence electrons. The third kappa shape index (κ3) is 2.68. The fourth-order valence-electron chi connectivity index (χ4n) is 1.66. The van der Waals surface area contributed by atoms with Gasteiger partial charge in [-0.3, -0.25) is 0 Å². The number of rotatable bonds is 4. The number of hydrogen-bond donors (Lipinski definition) is 1. The molecule has 0 amide bonds. The Morgan fingerprint density at radius 2 is 1.87 bits per heavy atom. The zero-order chi connectivity index (χ0) is 11.6. The molecule has 1 aromatic heterocycles. The number of nitrogens with zero attached hydrogens (tertiary/aromatic N) is 3. The molecule has 1 aromatic rings. The van der Waals surface area contributed by atoms with Crippen molar-refractivity contribution in [1.82, 2.24) is 10.1 Å². The van der Waals surface area contributed by atoms with Crippen LogP contribution in [0.4, 0.5) is 5.95 Å². The SMILES string of the molecule is CC(C)C(c1nc(N(C)C)no1)C(C)N. The Hall–Kier alpha value is -1.10. The molecule has 0 bridgehead atoms. The highest BCUT2D eigenvalue weighted by molar-refractivity contribution is 5.24. The van der Waals surface area contributed by atoms with Gasteiger partial charge in [-0.1, -0.05) is 13.8 Å². The van der Waals surface area contributed by atoms with Gasteiger partial charge in [0.1, 0.15) is 0 Å². The molecule has 15 heavy (non-hydrogen) atoms. The molecule has 5 heteroatoms. The van der Waals surface area contributed by atoms with Crippen LogP contribution in [-0.4, -0.2) is 30.3 Å². The van der Waals surface area contributed by atoms with Crippen LogP contribution in [-0.2, 0) is 0 Å². The van der Waals surface area contributed by atoms with Crippen molar-refractivity contribution in [3.05, 3.63) is 5.89 Å². The molecule has 2 N–H and O–H groups in total. The standard InChI is InChI=1S/C10H20N4O/c1-6(2)8(7(3)11)9-12-10(13-15-9)14(4)5/h6-8H,11H2,1-5H3. The molecule has 2 atom stereocenters. The summed E-state index contributed by atoms with van der Waals surface area (Å²) in [6.07, 6.45) is 0. The van der Waals surface area contributed by atoms with E-state index in [-0.39, 0.29) is 12.0 Å². The topological polar surface area (TPSA) is 68.2 Å². The van der Waals surface area contributed by atoms with Crippen LogP contribution in [0.15, 0.2) is 4.52 Å². The Bertz CT molecular complexity index is 298. The highest BCUT2D eigenvalue weighted by Gasteiger charge is 2.26. The second kappa shape index (κ2) is 4.61. The Kier molecular flexibility index (Phi) is 3.68. The highest BCUT2D eigenvalue weighted by Crippen LogP contribution is 2.26. The predicted molar refractivity (Wildman–Crippen MR) is 59.9 cm³/mol. The molecule has 1 rings (SSSR count). The average molecular weight is 212 g/mol. The van der Waals surface area contributed by atoms with Gasteiger partial charge in [0.2, 0.25) is 5.89 Å². The molecule has 0 spiro atoms. The Labute approximate surface area is 90.6 Å². The molecule has 0 radical (unpaired) electrons. The fourth-order valence-corrected chi connectivity index (χ4v) is 1.66. The van der Waals surface area contributed by atoms with Crippen LogP contribution in [0.2, 0.25) is 0 Å². The Balaban J connectivity index is 2.92. The summed E-state index contributed by atoms with van der Waals surface area (Å²) in [7, 11) is 3.76. The third-order valence-corrected chi connectivity index (χ3v) is 2.40. The van der Waals surface area contributed by atoms with Gasteiger partial charge < -0.3 is 15.2 Å². The summed E-state index contributed by atoms with van der Waals surface area (Å²) >= 11 is 0. The second-order valence-corrected chi connectivity index (χ2v) is 4.46. The van der Waals surface area contributed by atoms with Crippen molar-refractivity contribution < 1.29 is 4.52 Å². The minimum absolute atomic E-state index is 0.0143. The number of nitrogens with two attached hydrogens (primary N) is 1. The molecule has 2 unspecified atom stereocenters. The minimum atomic E-state index is 0.0143. The van der Waals surface area contributed by atoms with E-state index in [0.29, 0.717) is 17.8 Å². The maximum atomic E-state index is 5.91. The summed E-state index contributed by atoms with van der Waals surface area (Å²) in [6, 6.07) is 0.0143. The molecule has 0 aliphatic rings. The van der Waals surface area contributed by atoms with E-state index in [1.165, 1.54) is 0 Å². The summed E-state index contributed by atoms with van der Waals surface area (Å²) in [5.74, 6) is 1.73. The van der Waals surface area contributed by atoms with Crippen LogP contribution in [0.5, 0.6) is 0 Å². The third-order valence-electron chi connectivity index (χ3n) is 2.40. The van der Waals surface area contributed by atoms with Crippen molar-refractivity contribution >= 4 is 5.95 Å².